The molecule has 3 heteroatoms. The zero-order chi connectivity index (χ0) is 12.3. The van der Waals surface area contributed by atoms with E-state index in [-0.39, 0.29) is 0 Å². The molecule has 1 aromatic carbocycles. The SMILES string of the molecule is Cc1cccc(N)c1NC(C)Cc1ccsc1. The Kier molecular flexibility index (Phi) is 3.69. The van der Waals surface area contributed by atoms with E-state index in [0.717, 1.165) is 17.8 Å². The van der Waals surface area contributed by atoms with Gasteiger partial charge in [-0.1, -0.05) is 12.1 Å². The summed E-state index contributed by atoms with van der Waals surface area (Å²) in [6.45, 7) is 4.26. The number of benzene rings is 1. The monoisotopic (exact) mass is 246 g/mol. The number of hydrogen-bond acceptors (Lipinski definition) is 3. The van der Waals surface area contributed by atoms with Gasteiger partial charge in [-0.3, -0.25) is 0 Å². The van der Waals surface area contributed by atoms with E-state index in [2.05, 4.69) is 42.1 Å². The minimum absolute atomic E-state index is 0.382. The first kappa shape index (κ1) is 12.0. The van der Waals surface area contributed by atoms with Gasteiger partial charge in [-0.2, -0.15) is 11.3 Å². The fraction of sp³-hybridized carbons (Fsp3) is 0.286. The van der Waals surface area contributed by atoms with Crippen molar-refractivity contribution in [3.8, 4) is 0 Å². The van der Waals surface area contributed by atoms with Gasteiger partial charge < -0.3 is 11.1 Å². The number of hydrogen-bond donors (Lipinski definition) is 2. The molecule has 0 fully saturated rings. The summed E-state index contributed by atoms with van der Waals surface area (Å²) < 4.78 is 0. The van der Waals surface area contributed by atoms with Crippen LogP contribution in [0.1, 0.15) is 18.1 Å². The second-order valence-electron chi connectivity index (χ2n) is 4.42. The van der Waals surface area contributed by atoms with Crippen molar-refractivity contribution in [3.05, 3.63) is 46.2 Å². The molecular weight excluding hydrogens is 228 g/mol. The molecule has 0 amide bonds. The van der Waals surface area contributed by atoms with Gasteiger partial charge in [0, 0.05) is 6.04 Å². The zero-order valence-corrected chi connectivity index (χ0v) is 11.1. The van der Waals surface area contributed by atoms with Crippen LogP contribution in [0.5, 0.6) is 0 Å². The second-order valence-corrected chi connectivity index (χ2v) is 5.20. The molecule has 0 saturated heterocycles. The van der Waals surface area contributed by atoms with Crippen molar-refractivity contribution >= 4 is 22.7 Å². The summed E-state index contributed by atoms with van der Waals surface area (Å²) in [6.07, 6.45) is 1.03. The topological polar surface area (TPSA) is 38.0 Å². The highest BCUT2D eigenvalue weighted by molar-refractivity contribution is 7.07. The van der Waals surface area contributed by atoms with Crippen LogP contribution in [0.4, 0.5) is 11.4 Å². The van der Waals surface area contributed by atoms with E-state index >= 15 is 0 Å². The third-order valence-electron chi connectivity index (χ3n) is 2.82. The largest absolute Gasteiger partial charge is 0.397 e. The highest BCUT2D eigenvalue weighted by atomic mass is 32.1. The Labute approximate surface area is 106 Å². The summed E-state index contributed by atoms with van der Waals surface area (Å²) in [5.41, 5.74) is 10.4. The Balaban J connectivity index is 2.05. The predicted molar refractivity (Wildman–Crippen MR) is 76.7 cm³/mol. The van der Waals surface area contributed by atoms with Crippen molar-refractivity contribution in [2.45, 2.75) is 26.3 Å². The van der Waals surface area contributed by atoms with Gasteiger partial charge in [0.25, 0.3) is 0 Å². The molecule has 17 heavy (non-hydrogen) atoms. The van der Waals surface area contributed by atoms with Gasteiger partial charge in [-0.15, -0.1) is 0 Å². The van der Waals surface area contributed by atoms with Crippen molar-refractivity contribution in [1.82, 2.24) is 0 Å². The Morgan fingerprint density at radius 2 is 2.18 bits per heavy atom. The fourth-order valence-corrected chi connectivity index (χ4v) is 2.63. The number of anilines is 2. The minimum Gasteiger partial charge on any atom is -0.397 e. The zero-order valence-electron chi connectivity index (χ0n) is 10.2. The third-order valence-corrected chi connectivity index (χ3v) is 3.55. The van der Waals surface area contributed by atoms with Crippen LogP contribution in [0.25, 0.3) is 0 Å². The van der Waals surface area contributed by atoms with E-state index in [1.165, 1.54) is 11.1 Å². The van der Waals surface area contributed by atoms with E-state index in [9.17, 15) is 0 Å². The van der Waals surface area contributed by atoms with Crippen molar-refractivity contribution in [1.29, 1.82) is 0 Å². The Morgan fingerprint density at radius 3 is 2.82 bits per heavy atom. The normalized spacial score (nSPS) is 12.4. The standard InChI is InChI=1S/C14H18N2S/c1-10-4-3-5-13(15)14(10)16-11(2)8-12-6-7-17-9-12/h3-7,9,11,16H,8,15H2,1-2H3. The van der Waals surface area contributed by atoms with Crippen molar-refractivity contribution in [2.75, 3.05) is 11.1 Å². The lowest BCUT2D eigenvalue weighted by Crippen LogP contribution is -2.19. The number of nitrogens with two attached hydrogens (primary N) is 1. The van der Waals surface area contributed by atoms with E-state index in [1.54, 1.807) is 11.3 Å². The highest BCUT2D eigenvalue weighted by Crippen LogP contribution is 2.24. The van der Waals surface area contributed by atoms with Gasteiger partial charge in [0.2, 0.25) is 0 Å². The molecule has 90 valence electrons. The molecule has 1 atom stereocenters. The average molecular weight is 246 g/mol. The maximum atomic E-state index is 5.98. The van der Waals surface area contributed by atoms with Crippen molar-refractivity contribution < 1.29 is 0 Å². The van der Waals surface area contributed by atoms with Crippen LogP contribution >= 0.6 is 11.3 Å². The number of thiophene rings is 1. The molecule has 1 unspecified atom stereocenters. The molecule has 0 spiro atoms. The van der Waals surface area contributed by atoms with Gasteiger partial charge in [0.15, 0.2) is 0 Å². The Hall–Kier alpha value is -1.48. The first-order valence-corrected chi connectivity index (χ1v) is 6.74. The quantitative estimate of drug-likeness (QED) is 0.808. The lowest BCUT2D eigenvalue weighted by Gasteiger charge is -2.18. The number of nitrogens with one attached hydrogen (secondary N) is 1. The van der Waals surface area contributed by atoms with Crippen molar-refractivity contribution in [2.24, 2.45) is 0 Å². The number of nitrogen functional groups attached to an aromatic ring is 1. The number of para-hydroxylation sites is 1. The van der Waals surface area contributed by atoms with Crippen LogP contribution in [0.2, 0.25) is 0 Å². The Bertz CT molecular complexity index is 457. The molecule has 0 radical (unpaired) electrons. The molecule has 0 bridgehead atoms. The van der Waals surface area contributed by atoms with Crippen LogP contribution in [0, 0.1) is 6.92 Å². The predicted octanol–water partition coefficient (Wildman–Crippen LogP) is 3.68. The summed E-state index contributed by atoms with van der Waals surface area (Å²) in [5.74, 6) is 0. The summed E-state index contributed by atoms with van der Waals surface area (Å²) in [7, 11) is 0. The molecule has 0 aliphatic carbocycles. The fourth-order valence-electron chi connectivity index (χ4n) is 1.95. The van der Waals surface area contributed by atoms with Crippen molar-refractivity contribution in [3.63, 3.8) is 0 Å². The summed E-state index contributed by atoms with van der Waals surface area (Å²) in [6, 6.07) is 8.56. The molecule has 2 rings (SSSR count). The van der Waals surface area contributed by atoms with Crippen LogP contribution in [-0.4, -0.2) is 6.04 Å². The van der Waals surface area contributed by atoms with E-state index in [4.69, 9.17) is 5.73 Å². The molecule has 3 N–H and O–H groups in total. The van der Waals surface area contributed by atoms with Gasteiger partial charge in [0.05, 0.1) is 11.4 Å². The molecule has 0 saturated carbocycles. The molecule has 0 aliphatic heterocycles. The molecule has 1 heterocycles. The van der Waals surface area contributed by atoms with Crippen LogP contribution in [0.15, 0.2) is 35.0 Å². The van der Waals surface area contributed by atoms with Crippen LogP contribution < -0.4 is 11.1 Å². The molecule has 2 nitrogen and oxygen atoms in total. The smallest absolute Gasteiger partial charge is 0.0605 e. The second kappa shape index (κ2) is 5.23. The maximum absolute atomic E-state index is 5.98. The number of rotatable bonds is 4. The average Bonchev–Trinajstić information content (AvgIpc) is 2.76. The molecule has 0 aliphatic rings. The van der Waals surface area contributed by atoms with Gasteiger partial charge in [-0.05, 0) is 54.3 Å². The van der Waals surface area contributed by atoms with Crippen LogP contribution in [0.3, 0.4) is 0 Å². The third kappa shape index (κ3) is 3.01. The highest BCUT2D eigenvalue weighted by Gasteiger charge is 2.08. The summed E-state index contributed by atoms with van der Waals surface area (Å²) in [4.78, 5) is 0. The van der Waals surface area contributed by atoms with E-state index < -0.39 is 0 Å². The Morgan fingerprint density at radius 1 is 1.35 bits per heavy atom. The lowest BCUT2D eigenvalue weighted by molar-refractivity contribution is 0.792. The first-order chi connectivity index (χ1) is 8.16. The van der Waals surface area contributed by atoms with E-state index in [1.807, 2.05) is 12.1 Å². The lowest BCUT2D eigenvalue weighted by atomic mass is 10.1. The molecule has 1 aromatic heterocycles. The summed E-state index contributed by atoms with van der Waals surface area (Å²) in [5, 5.41) is 7.81. The van der Waals surface area contributed by atoms with Gasteiger partial charge >= 0.3 is 0 Å². The summed E-state index contributed by atoms with van der Waals surface area (Å²) >= 11 is 1.74. The van der Waals surface area contributed by atoms with Gasteiger partial charge in [-0.25, -0.2) is 0 Å². The number of aryl methyl sites for hydroxylation is 1. The maximum Gasteiger partial charge on any atom is 0.0605 e. The molecule has 2 aromatic rings. The van der Waals surface area contributed by atoms with Crippen LogP contribution in [-0.2, 0) is 6.42 Å². The van der Waals surface area contributed by atoms with Gasteiger partial charge in [0.1, 0.15) is 0 Å². The first-order valence-electron chi connectivity index (χ1n) is 5.79. The molecular formula is C14H18N2S. The minimum atomic E-state index is 0.382. The van der Waals surface area contributed by atoms with E-state index in [0.29, 0.717) is 6.04 Å².